The Bertz CT molecular complexity index is 333. The Balaban J connectivity index is 3.12. The van der Waals surface area contributed by atoms with Crippen molar-refractivity contribution in [1.29, 1.82) is 0 Å². The van der Waals surface area contributed by atoms with E-state index >= 15 is 0 Å². The lowest BCUT2D eigenvalue weighted by molar-refractivity contribution is -0.0427. The normalized spacial score (nSPS) is 14.1. The van der Waals surface area contributed by atoms with Crippen molar-refractivity contribution in [2.45, 2.75) is 25.3 Å². The second-order valence-corrected chi connectivity index (χ2v) is 3.81. The van der Waals surface area contributed by atoms with Gasteiger partial charge >= 0.3 is 5.38 Å². The molecule has 4 heteroatoms. The van der Waals surface area contributed by atoms with Crippen LogP contribution in [0.4, 0.5) is 8.78 Å². The zero-order chi connectivity index (χ0) is 10.9. The van der Waals surface area contributed by atoms with Crippen LogP contribution in [0.5, 0.6) is 0 Å². The van der Waals surface area contributed by atoms with E-state index in [4.69, 9.17) is 11.6 Å². The van der Waals surface area contributed by atoms with Crippen LogP contribution >= 0.6 is 11.6 Å². The van der Waals surface area contributed by atoms with E-state index in [2.05, 4.69) is 0 Å². The van der Waals surface area contributed by atoms with Crippen LogP contribution in [0.3, 0.4) is 0 Å². The van der Waals surface area contributed by atoms with Gasteiger partial charge in [-0.2, -0.15) is 8.78 Å². The molecule has 1 nitrogen and oxygen atoms in total. The Morgan fingerprint density at radius 2 is 1.93 bits per heavy atom. The largest absolute Gasteiger partial charge is 0.381 e. The minimum absolute atomic E-state index is 0.171. The van der Waals surface area contributed by atoms with Gasteiger partial charge in [0.05, 0.1) is 0 Å². The summed E-state index contributed by atoms with van der Waals surface area (Å²) in [6.07, 6.45) is -1.95. The number of halogens is 3. The molecule has 0 fully saturated rings. The van der Waals surface area contributed by atoms with Gasteiger partial charge in [0.1, 0.15) is 0 Å². The molecule has 78 valence electrons. The second-order valence-electron chi connectivity index (χ2n) is 3.30. The lowest BCUT2D eigenvalue weighted by Gasteiger charge is -2.18. The first kappa shape index (κ1) is 11.4. The maximum atomic E-state index is 12.6. The topological polar surface area (TPSA) is 20.2 Å². The van der Waals surface area contributed by atoms with Gasteiger partial charge in [-0.15, -0.1) is 0 Å². The van der Waals surface area contributed by atoms with Crippen LogP contribution in [0.2, 0.25) is 0 Å². The van der Waals surface area contributed by atoms with Gasteiger partial charge in [0, 0.05) is 0 Å². The fourth-order valence-corrected chi connectivity index (χ4v) is 1.35. The number of hydrogen-bond acceptors (Lipinski definition) is 1. The van der Waals surface area contributed by atoms with E-state index < -0.39 is 11.5 Å². The van der Waals surface area contributed by atoms with E-state index in [9.17, 15) is 13.9 Å². The minimum atomic E-state index is -3.63. The number of aryl methyl sites for hydroxylation is 2. The molecule has 0 saturated carbocycles. The summed E-state index contributed by atoms with van der Waals surface area (Å²) in [5.41, 5.74) is 1.58. The molecule has 1 aromatic rings. The number of aliphatic hydroxyl groups excluding tert-OH is 1. The molecule has 0 aliphatic heterocycles. The third kappa shape index (κ3) is 2.42. The van der Waals surface area contributed by atoms with Gasteiger partial charge in [0.25, 0.3) is 0 Å². The highest BCUT2D eigenvalue weighted by Crippen LogP contribution is 2.36. The first-order valence-corrected chi connectivity index (χ1v) is 4.52. The molecular weight excluding hydrogens is 210 g/mol. The highest BCUT2D eigenvalue weighted by molar-refractivity contribution is 6.22. The van der Waals surface area contributed by atoms with Crippen molar-refractivity contribution < 1.29 is 13.9 Å². The van der Waals surface area contributed by atoms with Gasteiger partial charge in [-0.1, -0.05) is 23.8 Å². The van der Waals surface area contributed by atoms with Gasteiger partial charge in [0.15, 0.2) is 6.10 Å². The Kier molecular flexibility index (Phi) is 3.12. The minimum Gasteiger partial charge on any atom is -0.381 e. The molecule has 1 unspecified atom stereocenters. The van der Waals surface area contributed by atoms with Crippen molar-refractivity contribution in [3.05, 3.63) is 34.9 Å². The third-order valence-corrected chi connectivity index (χ3v) is 2.25. The van der Waals surface area contributed by atoms with Crippen LogP contribution in [0.25, 0.3) is 0 Å². The van der Waals surface area contributed by atoms with E-state index in [1.165, 1.54) is 6.07 Å². The molecule has 0 heterocycles. The van der Waals surface area contributed by atoms with Crippen LogP contribution in [0.1, 0.15) is 22.8 Å². The van der Waals surface area contributed by atoms with Crippen molar-refractivity contribution in [2.75, 3.05) is 0 Å². The summed E-state index contributed by atoms with van der Waals surface area (Å²) in [5, 5.41) is 5.65. The Labute approximate surface area is 86.3 Å². The maximum Gasteiger partial charge on any atom is 0.351 e. The molecule has 0 amide bonds. The summed E-state index contributed by atoms with van der Waals surface area (Å²) in [5.74, 6) is 0. The van der Waals surface area contributed by atoms with Gasteiger partial charge in [0.2, 0.25) is 0 Å². The van der Waals surface area contributed by atoms with Crippen molar-refractivity contribution in [3.8, 4) is 0 Å². The Hall–Kier alpha value is -0.670. The summed E-state index contributed by atoms with van der Waals surface area (Å²) < 4.78 is 25.3. The van der Waals surface area contributed by atoms with Crippen molar-refractivity contribution in [1.82, 2.24) is 0 Å². The zero-order valence-corrected chi connectivity index (χ0v) is 8.65. The molecule has 1 aromatic carbocycles. The third-order valence-electron chi connectivity index (χ3n) is 2.04. The van der Waals surface area contributed by atoms with E-state index in [0.29, 0.717) is 5.56 Å². The smallest absolute Gasteiger partial charge is 0.351 e. The summed E-state index contributed by atoms with van der Waals surface area (Å²) in [7, 11) is 0. The van der Waals surface area contributed by atoms with E-state index in [-0.39, 0.29) is 5.56 Å². The fourth-order valence-electron chi connectivity index (χ4n) is 1.23. The molecule has 0 aliphatic carbocycles. The molecule has 0 aromatic heterocycles. The number of alkyl halides is 3. The van der Waals surface area contributed by atoms with Crippen LogP contribution in [0, 0.1) is 13.8 Å². The predicted molar refractivity (Wildman–Crippen MR) is 51.7 cm³/mol. The molecule has 1 atom stereocenters. The lowest BCUT2D eigenvalue weighted by Crippen LogP contribution is -2.19. The number of hydrogen-bond donors (Lipinski definition) is 1. The maximum absolute atomic E-state index is 12.6. The monoisotopic (exact) mass is 220 g/mol. The SMILES string of the molecule is Cc1ccc(C)c(C(O)C(F)(F)Cl)c1. The highest BCUT2D eigenvalue weighted by atomic mass is 35.5. The number of benzene rings is 1. The second kappa shape index (κ2) is 3.83. The van der Waals surface area contributed by atoms with Gasteiger partial charge in [-0.05, 0) is 36.6 Å². The molecule has 0 radical (unpaired) electrons. The van der Waals surface area contributed by atoms with E-state index in [1.54, 1.807) is 26.0 Å². The molecule has 0 aliphatic rings. The molecular formula is C10H11ClF2O. The van der Waals surface area contributed by atoms with Crippen LogP contribution < -0.4 is 0 Å². The molecule has 0 spiro atoms. The van der Waals surface area contributed by atoms with Crippen LogP contribution in [-0.2, 0) is 0 Å². The van der Waals surface area contributed by atoms with E-state index in [0.717, 1.165) is 5.56 Å². The summed E-state index contributed by atoms with van der Waals surface area (Å²) >= 11 is 4.76. The molecule has 1 rings (SSSR count). The molecule has 0 saturated heterocycles. The van der Waals surface area contributed by atoms with Crippen LogP contribution in [-0.4, -0.2) is 10.5 Å². The number of rotatable bonds is 2. The van der Waals surface area contributed by atoms with E-state index in [1.807, 2.05) is 0 Å². The Morgan fingerprint density at radius 1 is 1.36 bits per heavy atom. The summed E-state index contributed by atoms with van der Waals surface area (Å²) in [6, 6.07) is 4.98. The lowest BCUT2D eigenvalue weighted by atomic mass is 10.0. The molecule has 1 N–H and O–H groups in total. The van der Waals surface area contributed by atoms with Gasteiger partial charge < -0.3 is 5.11 Å². The average Bonchev–Trinajstić information content (AvgIpc) is 2.06. The van der Waals surface area contributed by atoms with Crippen molar-refractivity contribution in [2.24, 2.45) is 0 Å². The number of aliphatic hydroxyl groups is 1. The summed E-state index contributed by atoms with van der Waals surface area (Å²) in [6.45, 7) is 3.42. The molecule has 0 bridgehead atoms. The first-order valence-electron chi connectivity index (χ1n) is 4.14. The fraction of sp³-hybridized carbons (Fsp3) is 0.400. The van der Waals surface area contributed by atoms with Crippen molar-refractivity contribution >= 4 is 11.6 Å². The summed E-state index contributed by atoms with van der Waals surface area (Å²) in [4.78, 5) is 0. The van der Waals surface area contributed by atoms with Crippen molar-refractivity contribution in [3.63, 3.8) is 0 Å². The highest BCUT2D eigenvalue weighted by Gasteiger charge is 2.37. The van der Waals surface area contributed by atoms with Gasteiger partial charge in [-0.3, -0.25) is 0 Å². The Morgan fingerprint density at radius 3 is 2.43 bits per heavy atom. The average molecular weight is 221 g/mol. The molecule has 14 heavy (non-hydrogen) atoms. The zero-order valence-electron chi connectivity index (χ0n) is 7.89. The van der Waals surface area contributed by atoms with Crippen LogP contribution in [0.15, 0.2) is 18.2 Å². The quantitative estimate of drug-likeness (QED) is 0.759. The standard InChI is InChI=1S/C10H11ClF2O/c1-6-3-4-7(2)8(5-6)9(14)10(11,12)13/h3-5,9,14H,1-2H3. The predicted octanol–water partition coefficient (Wildman–Crippen LogP) is 3.17. The first-order chi connectivity index (χ1) is 6.32. The van der Waals surface area contributed by atoms with Gasteiger partial charge in [-0.25, -0.2) is 0 Å².